The Kier molecular flexibility index (Phi) is 2.22. The fourth-order valence-electron chi connectivity index (χ4n) is 5.61. The van der Waals surface area contributed by atoms with E-state index >= 15 is 0 Å². The number of benzene rings is 5. The van der Waals surface area contributed by atoms with Gasteiger partial charge in [-0.2, -0.15) is 0 Å². The van der Waals surface area contributed by atoms with Crippen LogP contribution in [0.3, 0.4) is 0 Å². The predicted octanol–water partition coefficient (Wildman–Crippen LogP) is 7.13. The fourth-order valence-corrected chi connectivity index (χ4v) is 5.61. The van der Waals surface area contributed by atoms with Crippen molar-refractivity contribution in [2.45, 2.75) is 0 Å². The molecule has 0 spiro atoms. The van der Waals surface area contributed by atoms with E-state index in [1.54, 1.807) is 0 Å². The van der Waals surface area contributed by atoms with Crippen molar-refractivity contribution in [2.24, 2.45) is 0 Å². The van der Waals surface area contributed by atoms with Crippen molar-refractivity contribution in [3.63, 3.8) is 0 Å². The van der Waals surface area contributed by atoms with E-state index in [0.717, 1.165) is 5.52 Å². The van der Waals surface area contributed by atoms with Crippen molar-refractivity contribution >= 4 is 70.5 Å². The van der Waals surface area contributed by atoms with Gasteiger partial charge in [-0.3, -0.25) is 4.98 Å². The molecule has 0 unspecified atom stereocenters. The highest BCUT2D eigenvalue weighted by Crippen LogP contribution is 2.46. The number of aromatic nitrogens is 2. The van der Waals surface area contributed by atoms with Gasteiger partial charge in [0.05, 0.1) is 22.1 Å². The van der Waals surface area contributed by atoms with Crippen LogP contribution in [0.2, 0.25) is 0 Å². The second-order valence-electron chi connectivity index (χ2n) is 8.00. The Labute approximate surface area is 165 Å². The molecule has 0 saturated carbocycles. The maximum Gasteiger partial charge on any atom is 0.0808 e. The Balaban J connectivity index is 1.92. The first-order valence-electron chi connectivity index (χ1n) is 10.0. The zero-order valence-corrected chi connectivity index (χ0v) is 15.5. The van der Waals surface area contributed by atoms with E-state index in [1.807, 2.05) is 6.20 Å². The van der Waals surface area contributed by atoms with Crippen LogP contribution in [0.25, 0.3) is 70.5 Å². The number of nitrogens with zero attached hydrogens (tertiary/aromatic N) is 2. The minimum atomic E-state index is 1.10. The Morgan fingerprint density at radius 2 is 1.28 bits per heavy atom. The average Bonchev–Trinajstić information content (AvgIpc) is 3.13. The highest BCUT2D eigenvalue weighted by molar-refractivity contribution is 6.39. The molecule has 2 nitrogen and oxygen atoms in total. The molecule has 2 heteroatoms. The van der Waals surface area contributed by atoms with E-state index in [4.69, 9.17) is 4.98 Å². The summed E-state index contributed by atoms with van der Waals surface area (Å²) >= 11 is 0. The second kappa shape index (κ2) is 4.56. The van der Waals surface area contributed by atoms with E-state index in [0.29, 0.717) is 0 Å². The third-order valence-electron chi connectivity index (χ3n) is 6.71. The predicted molar refractivity (Wildman–Crippen MR) is 123 cm³/mol. The van der Waals surface area contributed by atoms with Gasteiger partial charge in [-0.05, 0) is 28.3 Å². The van der Waals surface area contributed by atoms with Crippen LogP contribution in [0, 0.1) is 0 Å². The zero-order chi connectivity index (χ0) is 18.7. The lowest BCUT2D eigenvalue weighted by Gasteiger charge is -2.18. The number of rotatable bonds is 0. The highest BCUT2D eigenvalue weighted by Gasteiger charge is 2.22. The molecule has 132 valence electrons. The normalized spacial score (nSPS) is 12.8. The molecule has 0 fully saturated rings. The maximum absolute atomic E-state index is 4.87. The summed E-state index contributed by atoms with van der Waals surface area (Å²) in [5, 5.41) is 11.7. The van der Waals surface area contributed by atoms with Gasteiger partial charge >= 0.3 is 0 Å². The van der Waals surface area contributed by atoms with Crippen LogP contribution in [0.4, 0.5) is 0 Å². The molecule has 0 radical (unpaired) electrons. The molecule has 0 atom stereocenters. The number of para-hydroxylation sites is 1. The van der Waals surface area contributed by atoms with Gasteiger partial charge in [-0.15, -0.1) is 0 Å². The third-order valence-corrected chi connectivity index (χ3v) is 6.71. The minimum Gasteiger partial charge on any atom is -0.308 e. The molecule has 3 heterocycles. The summed E-state index contributed by atoms with van der Waals surface area (Å²) in [6, 6.07) is 28.7. The topological polar surface area (TPSA) is 17.3 Å². The van der Waals surface area contributed by atoms with Gasteiger partial charge < -0.3 is 4.40 Å². The van der Waals surface area contributed by atoms with Crippen LogP contribution in [-0.4, -0.2) is 9.38 Å². The molecule has 0 N–H and O–H groups in total. The van der Waals surface area contributed by atoms with Crippen molar-refractivity contribution in [3.8, 4) is 0 Å². The van der Waals surface area contributed by atoms with E-state index in [2.05, 4.69) is 83.3 Å². The molecule has 5 aromatic carbocycles. The van der Waals surface area contributed by atoms with Crippen molar-refractivity contribution in [1.29, 1.82) is 0 Å². The van der Waals surface area contributed by atoms with Crippen LogP contribution < -0.4 is 0 Å². The SMILES string of the molecule is c1ccc2c(c1)c1ccc3ccc4c5ccccc5n5c6ccnc2c6c1c3c45. The Bertz CT molecular complexity index is 1890. The molecule has 8 rings (SSSR count). The smallest absolute Gasteiger partial charge is 0.0808 e. The summed E-state index contributed by atoms with van der Waals surface area (Å²) in [5.74, 6) is 0. The minimum absolute atomic E-state index is 1.10. The summed E-state index contributed by atoms with van der Waals surface area (Å²) in [4.78, 5) is 4.87. The lowest BCUT2D eigenvalue weighted by molar-refractivity contribution is 1.33. The van der Waals surface area contributed by atoms with Crippen LogP contribution in [0.5, 0.6) is 0 Å². The van der Waals surface area contributed by atoms with Crippen LogP contribution >= 0.6 is 0 Å². The summed E-state index contributed by atoms with van der Waals surface area (Å²) < 4.78 is 2.46. The summed E-state index contributed by atoms with van der Waals surface area (Å²) in [7, 11) is 0. The molecule has 0 aliphatic rings. The number of hydrogen-bond acceptors (Lipinski definition) is 1. The van der Waals surface area contributed by atoms with Gasteiger partial charge in [-0.25, -0.2) is 0 Å². The highest BCUT2D eigenvalue weighted by atomic mass is 14.9. The monoisotopic (exact) mass is 366 g/mol. The van der Waals surface area contributed by atoms with Crippen LogP contribution in [0.15, 0.2) is 85.1 Å². The molecular formula is C27H14N2. The quantitative estimate of drug-likeness (QED) is 0.206. The van der Waals surface area contributed by atoms with E-state index in [1.165, 1.54) is 65.0 Å². The summed E-state index contributed by atoms with van der Waals surface area (Å²) in [6.07, 6.45) is 1.96. The molecule has 0 aliphatic carbocycles. The van der Waals surface area contributed by atoms with Gasteiger partial charge in [0, 0.05) is 38.5 Å². The first-order chi connectivity index (χ1) is 14.4. The number of fused-ring (bicyclic) bond motifs is 7. The van der Waals surface area contributed by atoms with Crippen molar-refractivity contribution < 1.29 is 0 Å². The molecule has 0 saturated heterocycles. The molecular weight excluding hydrogens is 352 g/mol. The summed E-state index contributed by atoms with van der Waals surface area (Å²) in [6.45, 7) is 0. The number of hydrogen-bond donors (Lipinski definition) is 0. The lowest BCUT2D eigenvalue weighted by atomic mass is 9.90. The average molecular weight is 366 g/mol. The summed E-state index contributed by atoms with van der Waals surface area (Å²) in [5.41, 5.74) is 4.92. The van der Waals surface area contributed by atoms with Gasteiger partial charge in [0.1, 0.15) is 0 Å². The van der Waals surface area contributed by atoms with Crippen LogP contribution in [-0.2, 0) is 0 Å². The Morgan fingerprint density at radius 3 is 2.17 bits per heavy atom. The van der Waals surface area contributed by atoms with Crippen molar-refractivity contribution in [1.82, 2.24) is 9.38 Å². The largest absolute Gasteiger partial charge is 0.308 e. The molecule has 0 aliphatic heterocycles. The van der Waals surface area contributed by atoms with E-state index in [-0.39, 0.29) is 0 Å². The van der Waals surface area contributed by atoms with Gasteiger partial charge in [0.2, 0.25) is 0 Å². The first-order valence-corrected chi connectivity index (χ1v) is 10.0. The first kappa shape index (κ1) is 14.1. The van der Waals surface area contributed by atoms with Crippen LogP contribution in [0.1, 0.15) is 0 Å². The molecule has 0 bridgehead atoms. The van der Waals surface area contributed by atoms with Crippen molar-refractivity contribution in [3.05, 3.63) is 85.1 Å². The van der Waals surface area contributed by atoms with Gasteiger partial charge in [-0.1, -0.05) is 66.7 Å². The van der Waals surface area contributed by atoms with E-state index < -0.39 is 0 Å². The third kappa shape index (κ3) is 1.45. The molecule has 3 aromatic heterocycles. The lowest BCUT2D eigenvalue weighted by Crippen LogP contribution is -1.96. The molecule has 8 aromatic rings. The number of pyridine rings is 2. The fraction of sp³-hybridized carbons (Fsp3) is 0. The zero-order valence-electron chi connectivity index (χ0n) is 15.5. The van der Waals surface area contributed by atoms with Crippen molar-refractivity contribution in [2.75, 3.05) is 0 Å². The van der Waals surface area contributed by atoms with E-state index in [9.17, 15) is 0 Å². The molecule has 29 heavy (non-hydrogen) atoms. The molecule has 0 amide bonds. The second-order valence-corrected chi connectivity index (χ2v) is 8.00. The van der Waals surface area contributed by atoms with Gasteiger partial charge in [0.15, 0.2) is 0 Å². The Morgan fingerprint density at radius 1 is 0.517 bits per heavy atom. The standard InChI is InChI=1S/C27H14N2/c1-2-7-19-16(5-1)18-11-9-15-10-12-20-17-6-3-4-8-21(17)29-22-13-14-28-26(19)25(22)24(18)23(15)27(20)29/h1-14H. The maximum atomic E-state index is 4.87. The van der Waals surface area contributed by atoms with Gasteiger partial charge in [0.25, 0.3) is 0 Å². The Hall–Kier alpha value is -3.91.